The molecule has 0 bridgehead atoms. The molecular weight excluding hydrogens is 338 g/mol. The second-order valence-corrected chi connectivity index (χ2v) is 7.56. The molecule has 0 fully saturated rings. The van der Waals surface area contributed by atoms with Crippen molar-refractivity contribution in [3.05, 3.63) is 22.4 Å². The van der Waals surface area contributed by atoms with Crippen molar-refractivity contribution in [3.8, 4) is 0 Å². The zero-order chi connectivity index (χ0) is 18.9. The van der Waals surface area contributed by atoms with E-state index < -0.39 is 5.41 Å². The van der Waals surface area contributed by atoms with E-state index in [1.807, 2.05) is 25.3 Å². The Kier molecular flexibility index (Phi) is 8.40. The number of carbonyl (C=O) groups excluding carboxylic acids is 2. The summed E-state index contributed by atoms with van der Waals surface area (Å²) in [5.41, 5.74) is -0.587. The maximum absolute atomic E-state index is 11.9. The first kappa shape index (κ1) is 21.0. The second kappa shape index (κ2) is 10.0. The van der Waals surface area contributed by atoms with Crippen LogP contribution in [0, 0.1) is 5.41 Å². The summed E-state index contributed by atoms with van der Waals surface area (Å²) in [7, 11) is 5.02. The number of nitrogens with zero attached hydrogens (tertiary/aromatic N) is 2. The molecule has 1 heterocycles. The highest BCUT2D eigenvalue weighted by Gasteiger charge is 2.26. The topological polar surface area (TPSA) is 85.8 Å². The van der Waals surface area contributed by atoms with E-state index in [4.69, 9.17) is 0 Å². The molecule has 7 nitrogen and oxygen atoms in total. The van der Waals surface area contributed by atoms with Gasteiger partial charge >= 0.3 is 0 Å². The molecule has 0 aliphatic rings. The van der Waals surface area contributed by atoms with Crippen LogP contribution >= 0.6 is 11.3 Å². The van der Waals surface area contributed by atoms with Crippen molar-refractivity contribution in [1.29, 1.82) is 0 Å². The number of likely N-dealkylation sites (N-methyl/N-ethyl adjacent to an activating group) is 1. The Morgan fingerprint density at radius 1 is 1.28 bits per heavy atom. The van der Waals surface area contributed by atoms with E-state index in [2.05, 4.69) is 27.0 Å². The third-order valence-corrected chi connectivity index (χ3v) is 4.59. The van der Waals surface area contributed by atoms with Gasteiger partial charge in [0.25, 0.3) is 0 Å². The van der Waals surface area contributed by atoms with E-state index in [1.165, 1.54) is 9.78 Å². The SMILES string of the molecule is CNC(=O)C(C)(C)CNC(=NCC(=O)N(C)C)NCCc1cccs1. The standard InChI is InChI=1S/C17H29N5O2S/c1-17(2,15(24)18-3)12-21-16(20-11-14(23)22(4)5)19-9-8-13-7-6-10-25-13/h6-7,10H,8-9,11-12H2,1-5H3,(H,18,24)(H2,19,20,21). The van der Waals surface area contributed by atoms with Crippen LogP contribution in [0.15, 0.2) is 22.5 Å². The molecule has 0 aliphatic heterocycles. The molecule has 1 aromatic rings. The van der Waals surface area contributed by atoms with Crippen LogP contribution in [0.4, 0.5) is 0 Å². The lowest BCUT2D eigenvalue weighted by molar-refractivity contribution is -0.128. The molecule has 3 N–H and O–H groups in total. The van der Waals surface area contributed by atoms with E-state index in [0.29, 0.717) is 19.0 Å². The van der Waals surface area contributed by atoms with E-state index in [-0.39, 0.29) is 18.4 Å². The number of hydrogen-bond donors (Lipinski definition) is 3. The van der Waals surface area contributed by atoms with Crippen molar-refractivity contribution in [3.63, 3.8) is 0 Å². The van der Waals surface area contributed by atoms with Gasteiger partial charge in [-0.2, -0.15) is 0 Å². The Morgan fingerprint density at radius 3 is 2.56 bits per heavy atom. The first-order valence-corrected chi connectivity index (χ1v) is 9.11. The Bertz CT molecular complexity index is 582. The molecule has 0 aliphatic carbocycles. The van der Waals surface area contributed by atoms with E-state index in [1.54, 1.807) is 32.5 Å². The molecule has 0 saturated heterocycles. The van der Waals surface area contributed by atoms with Gasteiger partial charge in [-0.05, 0) is 31.7 Å². The van der Waals surface area contributed by atoms with Crippen molar-refractivity contribution < 1.29 is 9.59 Å². The fourth-order valence-corrected chi connectivity index (χ4v) is 2.65. The number of nitrogens with one attached hydrogen (secondary N) is 3. The normalized spacial score (nSPS) is 11.8. The van der Waals surface area contributed by atoms with Crippen molar-refractivity contribution in [2.75, 3.05) is 40.8 Å². The Hall–Kier alpha value is -2.09. The number of aliphatic imine (C=N–C) groups is 1. The van der Waals surface area contributed by atoms with Crippen molar-refractivity contribution in [2.24, 2.45) is 10.4 Å². The first-order chi connectivity index (χ1) is 11.8. The summed E-state index contributed by atoms with van der Waals surface area (Å²) >= 11 is 1.71. The lowest BCUT2D eigenvalue weighted by Gasteiger charge is -2.24. The van der Waals surface area contributed by atoms with Crippen LogP contribution in [0.1, 0.15) is 18.7 Å². The van der Waals surface area contributed by atoms with Gasteiger partial charge in [0.05, 0.1) is 5.41 Å². The van der Waals surface area contributed by atoms with Gasteiger partial charge in [-0.15, -0.1) is 11.3 Å². The lowest BCUT2D eigenvalue weighted by atomic mass is 9.92. The molecule has 8 heteroatoms. The molecule has 2 amide bonds. The maximum Gasteiger partial charge on any atom is 0.243 e. The molecule has 0 radical (unpaired) electrons. The van der Waals surface area contributed by atoms with Crippen LogP contribution in [0.2, 0.25) is 0 Å². The van der Waals surface area contributed by atoms with Crippen molar-refractivity contribution in [1.82, 2.24) is 20.9 Å². The number of amides is 2. The van der Waals surface area contributed by atoms with Gasteiger partial charge in [-0.1, -0.05) is 6.07 Å². The molecule has 1 rings (SSSR count). The fraction of sp³-hybridized carbons (Fsp3) is 0.588. The molecule has 0 atom stereocenters. The second-order valence-electron chi connectivity index (χ2n) is 6.53. The molecular formula is C17H29N5O2S. The summed E-state index contributed by atoms with van der Waals surface area (Å²) in [4.78, 5) is 30.8. The van der Waals surface area contributed by atoms with E-state index in [0.717, 1.165) is 6.42 Å². The summed E-state index contributed by atoms with van der Waals surface area (Å²) in [6.07, 6.45) is 0.874. The first-order valence-electron chi connectivity index (χ1n) is 8.23. The minimum absolute atomic E-state index is 0.0534. The van der Waals surface area contributed by atoms with Crippen LogP contribution in [0.3, 0.4) is 0 Å². The number of guanidine groups is 1. The molecule has 0 spiro atoms. The number of rotatable bonds is 8. The van der Waals surface area contributed by atoms with Crippen LogP contribution < -0.4 is 16.0 Å². The Balaban J connectivity index is 2.64. The van der Waals surface area contributed by atoms with Gasteiger partial charge < -0.3 is 20.9 Å². The Morgan fingerprint density at radius 2 is 2.00 bits per heavy atom. The maximum atomic E-state index is 11.9. The van der Waals surface area contributed by atoms with E-state index >= 15 is 0 Å². The highest BCUT2D eigenvalue weighted by Crippen LogP contribution is 2.13. The molecule has 0 aromatic carbocycles. The number of hydrogen-bond acceptors (Lipinski definition) is 4. The van der Waals surface area contributed by atoms with Crippen LogP contribution in [-0.2, 0) is 16.0 Å². The van der Waals surface area contributed by atoms with E-state index in [9.17, 15) is 9.59 Å². The predicted molar refractivity (Wildman–Crippen MR) is 103 cm³/mol. The number of carbonyl (C=O) groups is 2. The van der Waals surface area contributed by atoms with Crippen molar-refractivity contribution in [2.45, 2.75) is 20.3 Å². The predicted octanol–water partition coefficient (Wildman–Crippen LogP) is 0.686. The molecule has 25 heavy (non-hydrogen) atoms. The van der Waals surface area contributed by atoms with Gasteiger partial charge in [0.15, 0.2) is 5.96 Å². The average Bonchev–Trinajstić information content (AvgIpc) is 3.08. The highest BCUT2D eigenvalue weighted by atomic mass is 32.1. The molecule has 0 unspecified atom stereocenters. The van der Waals surface area contributed by atoms with Crippen LogP contribution in [0.5, 0.6) is 0 Å². The minimum Gasteiger partial charge on any atom is -0.359 e. The summed E-state index contributed by atoms with van der Waals surface area (Å²) in [5, 5.41) is 11.1. The monoisotopic (exact) mass is 367 g/mol. The number of thiophene rings is 1. The van der Waals surface area contributed by atoms with Gasteiger partial charge in [0, 0.05) is 39.1 Å². The molecule has 0 saturated carbocycles. The summed E-state index contributed by atoms with van der Waals surface area (Å²) in [5.74, 6) is 0.399. The smallest absolute Gasteiger partial charge is 0.243 e. The summed E-state index contributed by atoms with van der Waals surface area (Å²) in [6.45, 7) is 4.87. The third-order valence-electron chi connectivity index (χ3n) is 3.65. The Labute approximate surface area is 153 Å². The minimum atomic E-state index is -0.587. The van der Waals surface area contributed by atoms with Gasteiger partial charge in [0.1, 0.15) is 6.54 Å². The van der Waals surface area contributed by atoms with Crippen molar-refractivity contribution >= 4 is 29.1 Å². The fourth-order valence-electron chi connectivity index (χ4n) is 1.94. The third kappa shape index (κ3) is 7.55. The van der Waals surface area contributed by atoms with Gasteiger partial charge in [0.2, 0.25) is 11.8 Å². The summed E-state index contributed by atoms with van der Waals surface area (Å²) < 4.78 is 0. The zero-order valence-corrected chi connectivity index (χ0v) is 16.5. The lowest BCUT2D eigenvalue weighted by Crippen LogP contribution is -2.47. The van der Waals surface area contributed by atoms with Gasteiger partial charge in [-0.3, -0.25) is 9.59 Å². The quantitative estimate of drug-likeness (QED) is 0.466. The van der Waals surface area contributed by atoms with Gasteiger partial charge in [-0.25, -0.2) is 4.99 Å². The highest BCUT2D eigenvalue weighted by molar-refractivity contribution is 7.09. The zero-order valence-electron chi connectivity index (χ0n) is 15.7. The van der Waals surface area contributed by atoms with Crippen LogP contribution in [0.25, 0.3) is 0 Å². The van der Waals surface area contributed by atoms with Crippen LogP contribution in [-0.4, -0.2) is 63.5 Å². The average molecular weight is 368 g/mol. The largest absolute Gasteiger partial charge is 0.359 e. The molecule has 1 aromatic heterocycles. The molecule has 140 valence electrons. The summed E-state index contributed by atoms with van der Waals surface area (Å²) in [6, 6.07) is 4.11.